The van der Waals surface area contributed by atoms with Gasteiger partial charge in [-0.05, 0) is 47.7 Å². The minimum absolute atomic E-state index is 0.0291. The van der Waals surface area contributed by atoms with Gasteiger partial charge in [0.1, 0.15) is 11.5 Å². The molecule has 1 N–H and O–H groups in total. The van der Waals surface area contributed by atoms with Crippen LogP contribution in [0.15, 0.2) is 78.4 Å². The van der Waals surface area contributed by atoms with Crippen LogP contribution < -0.4 is 9.64 Å². The first-order valence-electron chi connectivity index (χ1n) is 12.2. The van der Waals surface area contributed by atoms with E-state index in [2.05, 4.69) is 25.8 Å². The summed E-state index contributed by atoms with van der Waals surface area (Å²) in [6.07, 6.45) is 0. The Morgan fingerprint density at radius 3 is 2.43 bits per heavy atom. The van der Waals surface area contributed by atoms with Crippen molar-refractivity contribution in [1.29, 1.82) is 0 Å². The fourth-order valence-corrected chi connectivity index (χ4v) is 5.52. The Labute approximate surface area is 219 Å². The first-order valence-corrected chi connectivity index (χ1v) is 13.0. The van der Waals surface area contributed by atoms with Crippen molar-refractivity contribution in [2.75, 3.05) is 11.5 Å². The topological polar surface area (TPSA) is 79.7 Å². The highest BCUT2D eigenvalue weighted by molar-refractivity contribution is 7.22. The molecule has 7 heteroatoms. The van der Waals surface area contributed by atoms with Crippen LogP contribution in [0.25, 0.3) is 16.0 Å². The molecule has 1 amide bonds. The lowest BCUT2D eigenvalue weighted by molar-refractivity contribution is -0.132. The van der Waals surface area contributed by atoms with Crippen molar-refractivity contribution >= 4 is 44.1 Å². The minimum Gasteiger partial charge on any atom is -0.507 e. The number of nitrogens with zero attached hydrogens (tertiary/aromatic N) is 2. The smallest absolute Gasteiger partial charge is 0.301 e. The molecular formula is C30H28N2O4S. The van der Waals surface area contributed by atoms with Gasteiger partial charge in [-0.2, -0.15) is 0 Å². The number of benzene rings is 3. The molecule has 1 aromatic heterocycles. The second-order valence-electron chi connectivity index (χ2n) is 9.97. The van der Waals surface area contributed by atoms with Crippen molar-refractivity contribution in [3.63, 3.8) is 0 Å². The largest absolute Gasteiger partial charge is 0.507 e. The van der Waals surface area contributed by atoms with Gasteiger partial charge in [-0.15, -0.1) is 0 Å². The molecule has 0 bridgehead atoms. The number of amides is 1. The van der Waals surface area contributed by atoms with Gasteiger partial charge in [-0.3, -0.25) is 14.5 Å². The molecule has 4 aromatic rings. The predicted octanol–water partition coefficient (Wildman–Crippen LogP) is 6.62. The Morgan fingerprint density at radius 1 is 1.03 bits per heavy atom. The Morgan fingerprint density at radius 2 is 1.76 bits per heavy atom. The molecule has 1 unspecified atom stereocenters. The van der Waals surface area contributed by atoms with E-state index in [1.807, 2.05) is 55.5 Å². The van der Waals surface area contributed by atoms with Gasteiger partial charge in [0.15, 0.2) is 5.13 Å². The Balaban J connectivity index is 1.70. The number of ether oxygens (including phenoxy) is 1. The van der Waals surface area contributed by atoms with E-state index in [4.69, 9.17) is 4.74 Å². The third kappa shape index (κ3) is 4.51. The van der Waals surface area contributed by atoms with Gasteiger partial charge in [-0.1, -0.05) is 80.6 Å². The summed E-state index contributed by atoms with van der Waals surface area (Å²) < 4.78 is 6.49. The van der Waals surface area contributed by atoms with Crippen molar-refractivity contribution in [1.82, 2.24) is 4.98 Å². The number of aliphatic hydroxyl groups excluding tert-OH is 1. The second-order valence-corrected chi connectivity index (χ2v) is 11.0. The van der Waals surface area contributed by atoms with Gasteiger partial charge in [-0.25, -0.2) is 4.98 Å². The lowest BCUT2D eigenvalue weighted by Gasteiger charge is -2.24. The number of anilines is 1. The lowest BCUT2D eigenvalue weighted by atomic mass is 9.85. The fraction of sp³-hybridized carbons (Fsp3) is 0.233. The summed E-state index contributed by atoms with van der Waals surface area (Å²) in [6.45, 7) is 8.71. The summed E-state index contributed by atoms with van der Waals surface area (Å²) in [4.78, 5) is 33.0. The Kier molecular flexibility index (Phi) is 6.33. The number of thiazole rings is 1. The Bertz CT molecular complexity index is 1500. The molecule has 1 aliphatic heterocycles. The van der Waals surface area contributed by atoms with E-state index in [-0.39, 0.29) is 16.7 Å². The third-order valence-electron chi connectivity index (χ3n) is 6.44. The van der Waals surface area contributed by atoms with E-state index in [0.717, 1.165) is 15.8 Å². The van der Waals surface area contributed by atoms with Crippen molar-refractivity contribution < 1.29 is 19.4 Å². The van der Waals surface area contributed by atoms with Crippen LogP contribution in [0, 0.1) is 0 Å². The highest BCUT2D eigenvalue weighted by Gasteiger charge is 2.48. The fourth-order valence-electron chi connectivity index (χ4n) is 4.53. The molecule has 188 valence electrons. The zero-order valence-electron chi connectivity index (χ0n) is 21.2. The number of Topliss-reactive ketones (excluding diaryl/α,β-unsaturated/α-hetero) is 1. The maximum atomic E-state index is 13.5. The van der Waals surface area contributed by atoms with Crippen molar-refractivity contribution in [3.8, 4) is 5.75 Å². The van der Waals surface area contributed by atoms with Gasteiger partial charge in [0.2, 0.25) is 0 Å². The summed E-state index contributed by atoms with van der Waals surface area (Å²) in [7, 11) is 0. The molecule has 0 aliphatic carbocycles. The molecule has 0 radical (unpaired) electrons. The van der Waals surface area contributed by atoms with E-state index in [9.17, 15) is 14.7 Å². The zero-order chi connectivity index (χ0) is 26.3. The highest BCUT2D eigenvalue weighted by Crippen LogP contribution is 2.44. The van der Waals surface area contributed by atoms with Crippen molar-refractivity contribution in [3.05, 3.63) is 95.1 Å². The lowest BCUT2D eigenvalue weighted by Crippen LogP contribution is -2.29. The number of rotatable bonds is 5. The molecule has 37 heavy (non-hydrogen) atoms. The zero-order valence-corrected chi connectivity index (χ0v) is 22.0. The molecule has 5 rings (SSSR count). The molecule has 1 atom stereocenters. The van der Waals surface area contributed by atoms with Crippen LogP contribution in [-0.4, -0.2) is 28.4 Å². The number of hydrogen-bond acceptors (Lipinski definition) is 6. The standard InChI is InChI=1S/C30H28N2O4S/c1-5-36-21-10-8-9-19(17-21)26(33)24-25(18-13-15-20(16-14-18)30(2,3)4)32(28(35)27(24)34)29-31-22-11-6-7-12-23(22)37-29/h6-17,25,33H,5H2,1-4H3/b26-24+. The number of aliphatic hydroxyl groups is 1. The SMILES string of the molecule is CCOc1cccc(/C(O)=C2\C(=O)C(=O)N(c3nc4ccccc4s3)C2c2ccc(C(C)(C)C)cc2)c1. The molecule has 1 saturated heterocycles. The van der Waals surface area contributed by atoms with Crippen LogP contribution >= 0.6 is 11.3 Å². The molecule has 0 saturated carbocycles. The first-order chi connectivity index (χ1) is 17.7. The average Bonchev–Trinajstić information content (AvgIpc) is 3.42. The summed E-state index contributed by atoms with van der Waals surface area (Å²) in [5.41, 5.74) is 2.96. The predicted molar refractivity (Wildman–Crippen MR) is 147 cm³/mol. The molecule has 1 aliphatic rings. The van der Waals surface area contributed by atoms with Crippen LogP contribution in [0.2, 0.25) is 0 Å². The molecule has 3 aromatic carbocycles. The second kappa shape index (κ2) is 9.48. The van der Waals surface area contributed by atoms with Gasteiger partial charge in [0.25, 0.3) is 5.78 Å². The number of fused-ring (bicyclic) bond motifs is 1. The quantitative estimate of drug-likeness (QED) is 0.185. The van der Waals surface area contributed by atoms with Crippen LogP contribution in [-0.2, 0) is 15.0 Å². The normalized spacial score (nSPS) is 17.5. The highest BCUT2D eigenvalue weighted by atomic mass is 32.1. The van der Waals surface area contributed by atoms with E-state index >= 15 is 0 Å². The van der Waals surface area contributed by atoms with Crippen LogP contribution in [0.5, 0.6) is 5.75 Å². The summed E-state index contributed by atoms with van der Waals surface area (Å²) in [6, 6.07) is 21.5. The molecule has 1 fully saturated rings. The number of hydrogen-bond donors (Lipinski definition) is 1. The minimum atomic E-state index is -0.828. The number of carbonyl (C=O) groups excluding carboxylic acids is 2. The Hall–Kier alpha value is -3.97. The maximum absolute atomic E-state index is 13.5. The van der Waals surface area contributed by atoms with Crippen LogP contribution in [0.1, 0.15) is 50.4 Å². The third-order valence-corrected chi connectivity index (χ3v) is 7.48. The van der Waals surface area contributed by atoms with Gasteiger partial charge >= 0.3 is 5.91 Å². The van der Waals surface area contributed by atoms with Crippen LogP contribution in [0.4, 0.5) is 5.13 Å². The van der Waals surface area contributed by atoms with E-state index in [1.54, 1.807) is 24.3 Å². The van der Waals surface area contributed by atoms with Gasteiger partial charge in [0, 0.05) is 5.56 Å². The number of aromatic nitrogens is 1. The van der Waals surface area contributed by atoms with Gasteiger partial charge < -0.3 is 9.84 Å². The van der Waals surface area contributed by atoms with E-state index in [1.165, 1.54) is 16.2 Å². The van der Waals surface area contributed by atoms with E-state index in [0.29, 0.717) is 28.6 Å². The molecule has 2 heterocycles. The first kappa shape index (κ1) is 24.7. The average molecular weight is 513 g/mol. The molecule has 0 spiro atoms. The van der Waals surface area contributed by atoms with Crippen LogP contribution in [0.3, 0.4) is 0 Å². The monoisotopic (exact) mass is 512 g/mol. The van der Waals surface area contributed by atoms with Gasteiger partial charge in [0.05, 0.1) is 28.4 Å². The number of ketones is 1. The van der Waals surface area contributed by atoms with Crippen molar-refractivity contribution in [2.45, 2.75) is 39.2 Å². The number of carbonyl (C=O) groups is 2. The molecule has 6 nitrogen and oxygen atoms in total. The molecular weight excluding hydrogens is 484 g/mol. The maximum Gasteiger partial charge on any atom is 0.301 e. The summed E-state index contributed by atoms with van der Waals surface area (Å²) in [5, 5.41) is 11.8. The summed E-state index contributed by atoms with van der Waals surface area (Å²) in [5.74, 6) is -1.14. The summed E-state index contributed by atoms with van der Waals surface area (Å²) >= 11 is 1.34. The van der Waals surface area contributed by atoms with E-state index < -0.39 is 17.7 Å². The number of para-hydroxylation sites is 1. The van der Waals surface area contributed by atoms with Crippen molar-refractivity contribution in [2.24, 2.45) is 0 Å².